The van der Waals surface area contributed by atoms with Crippen molar-refractivity contribution in [3.05, 3.63) is 94.8 Å². The minimum absolute atomic E-state index is 0.312. The Labute approximate surface area is 169 Å². The number of para-hydroxylation sites is 3. The molecule has 5 aromatic rings. The molecule has 6 heteroatoms. The molecule has 0 saturated carbocycles. The average molecular weight is 397 g/mol. The molecule has 0 aliphatic rings. The minimum Gasteiger partial charge on any atom is -0.322 e. The molecule has 29 heavy (non-hydrogen) atoms. The van der Waals surface area contributed by atoms with Crippen molar-refractivity contribution in [1.29, 1.82) is 0 Å². The van der Waals surface area contributed by atoms with Crippen molar-refractivity contribution in [2.24, 2.45) is 0 Å². The molecule has 0 radical (unpaired) electrons. The van der Waals surface area contributed by atoms with Gasteiger partial charge in [0.2, 0.25) is 5.56 Å². The maximum Gasteiger partial charge on any atom is 0.256 e. The zero-order valence-corrected chi connectivity index (χ0v) is 16.0. The number of amides is 1. The molecule has 5 nitrogen and oxygen atoms in total. The van der Waals surface area contributed by atoms with Crippen LogP contribution in [0.4, 0.5) is 5.69 Å². The molecule has 5 rings (SSSR count). The van der Waals surface area contributed by atoms with Gasteiger partial charge < -0.3 is 10.3 Å². The van der Waals surface area contributed by atoms with Gasteiger partial charge in [0.1, 0.15) is 5.01 Å². The molecule has 1 amide bonds. The van der Waals surface area contributed by atoms with Crippen molar-refractivity contribution < 1.29 is 4.79 Å². The number of aromatic amines is 1. The third kappa shape index (κ3) is 3.19. The number of nitrogens with zero attached hydrogens (tertiary/aromatic N) is 1. The van der Waals surface area contributed by atoms with Crippen LogP contribution in [0.25, 0.3) is 31.7 Å². The van der Waals surface area contributed by atoms with Gasteiger partial charge in [0.25, 0.3) is 5.91 Å². The first-order chi connectivity index (χ1) is 14.2. The monoisotopic (exact) mass is 397 g/mol. The molecule has 140 valence electrons. The maximum atomic E-state index is 13.1. The lowest BCUT2D eigenvalue weighted by molar-refractivity contribution is 0.102. The second-order valence-electron chi connectivity index (χ2n) is 6.58. The molecule has 0 unspecified atom stereocenters. The Morgan fingerprint density at radius 3 is 2.59 bits per heavy atom. The van der Waals surface area contributed by atoms with Crippen molar-refractivity contribution in [1.82, 2.24) is 9.97 Å². The second kappa shape index (κ2) is 7.00. The van der Waals surface area contributed by atoms with E-state index in [2.05, 4.69) is 10.3 Å². The summed E-state index contributed by atoms with van der Waals surface area (Å²) in [6.45, 7) is 0. The minimum atomic E-state index is -0.333. The molecule has 2 aromatic heterocycles. The summed E-state index contributed by atoms with van der Waals surface area (Å²) in [6, 6.07) is 24.1. The molecule has 2 heterocycles. The molecule has 0 aliphatic heterocycles. The van der Waals surface area contributed by atoms with Crippen LogP contribution in [0.3, 0.4) is 0 Å². The molecule has 2 N–H and O–H groups in total. The molecule has 0 aliphatic carbocycles. The molecule has 0 fully saturated rings. The number of carbonyl (C=O) groups excluding carboxylic acids is 1. The SMILES string of the molecule is O=C(Nc1ccccc1-c1nc2ccccc2s1)c1cc(=O)[nH]c2ccccc12. The van der Waals surface area contributed by atoms with E-state index in [0.717, 1.165) is 20.8 Å². The predicted octanol–water partition coefficient (Wildman–Crippen LogP) is 5.06. The first kappa shape index (κ1) is 17.3. The molecule has 0 atom stereocenters. The van der Waals surface area contributed by atoms with E-state index in [1.807, 2.05) is 66.7 Å². The number of pyridine rings is 1. The smallest absolute Gasteiger partial charge is 0.256 e. The summed E-state index contributed by atoms with van der Waals surface area (Å²) in [4.78, 5) is 32.5. The molecule has 3 aromatic carbocycles. The number of H-pyrrole nitrogens is 1. The topological polar surface area (TPSA) is 74.8 Å². The number of carbonyl (C=O) groups is 1. The number of anilines is 1. The Morgan fingerprint density at radius 2 is 1.69 bits per heavy atom. The van der Waals surface area contributed by atoms with E-state index in [9.17, 15) is 9.59 Å². The number of fused-ring (bicyclic) bond motifs is 2. The summed E-state index contributed by atoms with van der Waals surface area (Å²) in [5.74, 6) is -0.333. The van der Waals surface area contributed by atoms with E-state index >= 15 is 0 Å². The van der Waals surface area contributed by atoms with Crippen molar-refractivity contribution >= 4 is 44.1 Å². The number of thiazole rings is 1. The quantitative estimate of drug-likeness (QED) is 0.447. The maximum absolute atomic E-state index is 13.1. The van der Waals surface area contributed by atoms with E-state index in [0.29, 0.717) is 22.2 Å². The lowest BCUT2D eigenvalue weighted by Crippen LogP contribution is -2.17. The van der Waals surface area contributed by atoms with E-state index in [-0.39, 0.29) is 11.5 Å². The van der Waals surface area contributed by atoms with Crippen LogP contribution in [0.2, 0.25) is 0 Å². The lowest BCUT2D eigenvalue weighted by atomic mass is 10.1. The number of rotatable bonds is 3. The second-order valence-corrected chi connectivity index (χ2v) is 7.61. The molecular weight excluding hydrogens is 382 g/mol. The molecule has 0 bridgehead atoms. The highest BCUT2D eigenvalue weighted by atomic mass is 32.1. The Bertz CT molecular complexity index is 1400. The fourth-order valence-corrected chi connectivity index (χ4v) is 4.35. The van der Waals surface area contributed by atoms with Gasteiger partial charge in [-0.2, -0.15) is 0 Å². The van der Waals surface area contributed by atoms with Crippen LogP contribution in [0.5, 0.6) is 0 Å². The van der Waals surface area contributed by atoms with Crippen molar-refractivity contribution in [2.45, 2.75) is 0 Å². The van der Waals surface area contributed by atoms with Crippen LogP contribution < -0.4 is 10.9 Å². The number of aromatic nitrogens is 2. The van der Waals surface area contributed by atoms with Gasteiger partial charge >= 0.3 is 0 Å². The van der Waals surface area contributed by atoms with E-state index < -0.39 is 0 Å². The van der Waals surface area contributed by atoms with Gasteiger partial charge in [0, 0.05) is 22.5 Å². The summed E-state index contributed by atoms with van der Waals surface area (Å²) in [5, 5.41) is 4.49. The van der Waals surface area contributed by atoms with Gasteiger partial charge in [-0.15, -0.1) is 11.3 Å². The summed E-state index contributed by atoms with van der Waals surface area (Å²) in [5.41, 5.74) is 3.08. The summed E-state index contributed by atoms with van der Waals surface area (Å²) in [6.07, 6.45) is 0. The fourth-order valence-electron chi connectivity index (χ4n) is 3.35. The predicted molar refractivity (Wildman–Crippen MR) is 118 cm³/mol. The first-order valence-electron chi connectivity index (χ1n) is 9.07. The standard InChI is InChI=1S/C23H15N3O2S/c27-21-13-16(14-7-1-3-9-17(14)24-21)22(28)25-18-10-4-2-8-15(18)23-26-19-11-5-6-12-20(19)29-23/h1-13H,(H,24,27)(H,25,28). The van der Waals surface area contributed by atoms with Crippen molar-refractivity contribution in [2.75, 3.05) is 5.32 Å². The Morgan fingerprint density at radius 1 is 0.931 bits per heavy atom. The van der Waals surface area contributed by atoms with Crippen LogP contribution in [-0.2, 0) is 0 Å². The summed E-state index contributed by atoms with van der Waals surface area (Å²) < 4.78 is 1.09. The van der Waals surface area contributed by atoms with Crippen LogP contribution in [0.1, 0.15) is 10.4 Å². The number of hydrogen-bond acceptors (Lipinski definition) is 4. The Kier molecular flexibility index (Phi) is 4.18. The zero-order valence-electron chi connectivity index (χ0n) is 15.2. The van der Waals surface area contributed by atoms with Crippen molar-refractivity contribution in [3.63, 3.8) is 0 Å². The highest BCUT2D eigenvalue weighted by molar-refractivity contribution is 7.21. The highest BCUT2D eigenvalue weighted by Gasteiger charge is 2.16. The van der Waals surface area contributed by atoms with Gasteiger partial charge in [-0.3, -0.25) is 9.59 Å². The van der Waals surface area contributed by atoms with Crippen LogP contribution in [0, 0.1) is 0 Å². The number of nitrogens with one attached hydrogen (secondary N) is 2. The van der Waals surface area contributed by atoms with E-state index in [1.54, 1.807) is 17.4 Å². The lowest BCUT2D eigenvalue weighted by Gasteiger charge is -2.11. The Balaban J connectivity index is 1.57. The normalized spacial score (nSPS) is 11.0. The van der Waals surface area contributed by atoms with Gasteiger partial charge in [0.15, 0.2) is 0 Å². The average Bonchev–Trinajstić information content (AvgIpc) is 3.17. The summed E-state index contributed by atoms with van der Waals surface area (Å²) in [7, 11) is 0. The van der Waals surface area contributed by atoms with Crippen LogP contribution in [-0.4, -0.2) is 15.9 Å². The van der Waals surface area contributed by atoms with Gasteiger partial charge in [0.05, 0.1) is 21.5 Å². The molecule has 0 saturated heterocycles. The van der Waals surface area contributed by atoms with Crippen LogP contribution in [0.15, 0.2) is 83.7 Å². The van der Waals surface area contributed by atoms with Gasteiger partial charge in [-0.1, -0.05) is 42.5 Å². The van der Waals surface area contributed by atoms with Crippen LogP contribution >= 0.6 is 11.3 Å². The van der Waals surface area contributed by atoms with E-state index in [1.165, 1.54) is 6.07 Å². The highest BCUT2D eigenvalue weighted by Crippen LogP contribution is 2.34. The Hall–Kier alpha value is -3.77. The third-order valence-electron chi connectivity index (χ3n) is 4.69. The zero-order chi connectivity index (χ0) is 19.8. The molecular formula is C23H15N3O2S. The molecule has 0 spiro atoms. The van der Waals surface area contributed by atoms with E-state index in [4.69, 9.17) is 4.98 Å². The fraction of sp³-hybridized carbons (Fsp3) is 0. The number of benzene rings is 3. The third-order valence-corrected chi connectivity index (χ3v) is 5.76. The van der Waals surface area contributed by atoms with Gasteiger partial charge in [-0.05, 0) is 30.3 Å². The van der Waals surface area contributed by atoms with Gasteiger partial charge in [-0.25, -0.2) is 4.98 Å². The largest absolute Gasteiger partial charge is 0.322 e. The summed E-state index contributed by atoms with van der Waals surface area (Å²) >= 11 is 1.58. The van der Waals surface area contributed by atoms with Crippen molar-refractivity contribution in [3.8, 4) is 10.6 Å². The number of hydrogen-bond donors (Lipinski definition) is 2. The first-order valence-corrected chi connectivity index (χ1v) is 9.89.